The Kier molecular flexibility index (Phi) is 4.81. The minimum atomic E-state index is -0.365. The van der Waals surface area contributed by atoms with E-state index in [0.717, 1.165) is 0 Å². The van der Waals surface area contributed by atoms with Crippen LogP contribution in [0.15, 0.2) is 18.2 Å². The Morgan fingerprint density at radius 3 is 2.65 bits per heavy atom. The van der Waals surface area contributed by atoms with Gasteiger partial charge in [-0.2, -0.15) is 0 Å². The molecule has 0 aliphatic carbocycles. The van der Waals surface area contributed by atoms with E-state index in [1.807, 2.05) is 22.6 Å². The molecule has 0 heterocycles. The fraction of sp³-hybridized carbons (Fsp3) is 0.273. The first kappa shape index (κ1) is 14.3. The number of hydrogen-bond acceptors (Lipinski definition) is 2. The van der Waals surface area contributed by atoms with E-state index >= 15 is 0 Å². The lowest BCUT2D eigenvalue weighted by Crippen LogP contribution is -2.43. The molecular formula is C11H12FIN2OS. The number of likely N-dealkylation sites (N-methyl/N-ethyl adjacent to an activating group) is 1. The van der Waals surface area contributed by atoms with Crippen molar-refractivity contribution >= 4 is 45.7 Å². The van der Waals surface area contributed by atoms with Crippen LogP contribution in [0.1, 0.15) is 17.3 Å². The van der Waals surface area contributed by atoms with Crippen LogP contribution in [0.3, 0.4) is 0 Å². The van der Waals surface area contributed by atoms with Crippen molar-refractivity contribution in [1.82, 2.24) is 4.90 Å². The summed E-state index contributed by atoms with van der Waals surface area (Å²) in [6.45, 7) is 1.75. The predicted octanol–water partition coefficient (Wildman–Crippen LogP) is 2.18. The van der Waals surface area contributed by atoms with E-state index in [1.54, 1.807) is 14.0 Å². The fourth-order valence-corrected chi connectivity index (χ4v) is 2.09. The fourth-order valence-electron chi connectivity index (χ4n) is 1.22. The highest BCUT2D eigenvalue weighted by Gasteiger charge is 2.21. The molecule has 1 amide bonds. The summed E-state index contributed by atoms with van der Waals surface area (Å²) in [5, 5.41) is 0. The first-order valence-electron chi connectivity index (χ1n) is 4.86. The normalized spacial score (nSPS) is 12.0. The number of nitrogens with zero attached hydrogens (tertiary/aromatic N) is 1. The van der Waals surface area contributed by atoms with Crippen LogP contribution in [0.4, 0.5) is 4.39 Å². The van der Waals surface area contributed by atoms with Gasteiger partial charge in [0.2, 0.25) is 0 Å². The van der Waals surface area contributed by atoms with Crippen LogP contribution >= 0.6 is 34.8 Å². The lowest BCUT2D eigenvalue weighted by molar-refractivity contribution is 0.0778. The molecule has 1 aromatic rings. The monoisotopic (exact) mass is 366 g/mol. The molecule has 1 unspecified atom stereocenters. The molecule has 3 nitrogen and oxygen atoms in total. The summed E-state index contributed by atoms with van der Waals surface area (Å²) in [7, 11) is 1.62. The molecule has 1 atom stereocenters. The van der Waals surface area contributed by atoms with Gasteiger partial charge in [-0.1, -0.05) is 12.2 Å². The second-order valence-corrected chi connectivity index (χ2v) is 5.25. The van der Waals surface area contributed by atoms with Crippen LogP contribution in [0.25, 0.3) is 0 Å². The molecule has 0 spiro atoms. The van der Waals surface area contributed by atoms with Crippen molar-refractivity contribution in [3.63, 3.8) is 0 Å². The number of carbonyl (C=O) groups excluding carboxylic acids is 1. The van der Waals surface area contributed by atoms with Crippen LogP contribution in [-0.4, -0.2) is 28.9 Å². The molecule has 0 saturated heterocycles. The number of thiocarbonyl (C=S) groups is 1. The summed E-state index contributed by atoms with van der Waals surface area (Å²) in [6, 6.07) is 3.70. The molecular weight excluding hydrogens is 354 g/mol. The van der Waals surface area contributed by atoms with E-state index in [-0.39, 0.29) is 22.8 Å². The second kappa shape index (κ2) is 5.72. The first-order chi connectivity index (χ1) is 7.84. The third-order valence-electron chi connectivity index (χ3n) is 2.47. The summed E-state index contributed by atoms with van der Waals surface area (Å²) in [4.78, 5) is 13.8. The van der Waals surface area contributed by atoms with Gasteiger partial charge in [0.05, 0.1) is 16.6 Å². The van der Waals surface area contributed by atoms with Gasteiger partial charge in [0.1, 0.15) is 5.82 Å². The van der Waals surface area contributed by atoms with Crippen molar-refractivity contribution in [3.8, 4) is 0 Å². The molecule has 1 rings (SSSR count). The van der Waals surface area contributed by atoms with Gasteiger partial charge in [0.15, 0.2) is 0 Å². The zero-order valence-corrected chi connectivity index (χ0v) is 12.4. The van der Waals surface area contributed by atoms with E-state index in [1.165, 1.54) is 23.1 Å². The third kappa shape index (κ3) is 3.35. The van der Waals surface area contributed by atoms with Gasteiger partial charge in [-0.3, -0.25) is 4.79 Å². The van der Waals surface area contributed by atoms with Crippen molar-refractivity contribution in [2.75, 3.05) is 7.05 Å². The molecule has 0 aliphatic heterocycles. The maximum absolute atomic E-state index is 12.9. The van der Waals surface area contributed by atoms with Crippen molar-refractivity contribution in [1.29, 1.82) is 0 Å². The maximum Gasteiger partial charge on any atom is 0.255 e. The van der Waals surface area contributed by atoms with Gasteiger partial charge in [0.25, 0.3) is 5.91 Å². The summed E-state index contributed by atoms with van der Waals surface area (Å²) in [5.74, 6) is -0.592. The minimum absolute atomic E-state index is 0.227. The van der Waals surface area contributed by atoms with Crippen molar-refractivity contribution in [2.45, 2.75) is 13.0 Å². The van der Waals surface area contributed by atoms with Crippen LogP contribution in [0, 0.1) is 9.39 Å². The Hall–Kier alpha value is -0.760. The largest absolute Gasteiger partial charge is 0.392 e. The van der Waals surface area contributed by atoms with Crippen molar-refractivity contribution in [2.24, 2.45) is 5.73 Å². The topological polar surface area (TPSA) is 46.3 Å². The van der Waals surface area contributed by atoms with Gasteiger partial charge in [-0.05, 0) is 47.7 Å². The predicted molar refractivity (Wildman–Crippen MR) is 77.5 cm³/mol. The Morgan fingerprint density at radius 1 is 1.59 bits per heavy atom. The van der Waals surface area contributed by atoms with Gasteiger partial charge in [-0.25, -0.2) is 4.39 Å². The van der Waals surface area contributed by atoms with E-state index in [9.17, 15) is 9.18 Å². The average Bonchev–Trinajstić information content (AvgIpc) is 2.26. The van der Waals surface area contributed by atoms with E-state index < -0.39 is 0 Å². The molecule has 92 valence electrons. The van der Waals surface area contributed by atoms with Crippen LogP contribution in [0.2, 0.25) is 0 Å². The summed E-state index contributed by atoms with van der Waals surface area (Å²) in [5.41, 5.74) is 5.93. The lowest BCUT2D eigenvalue weighted by atomic mass is 10.1. The van der Waals surface area contributed by atoms with Crippen molar-refractivity contribution in [3.05, 3.63) is 33.1 Å². The molecule has 6 heteroatoms. The Morgan fingerprint density at radius 2 is 2.18 bits per heavy atom. The average molecular weight is 366 g/mol. The number of benzene rings is 1. The maximum atomic E-state index is 12.9. The second-order valence-electron chi connectivity index (χ2n) is 3.62. The minimum Gasteiger partial charge on any atom is -0.392 e. The highest BCUT2D eigenvalue weighted by molar-refractivity contribution is 14.1. The zero-order chi connectivity index (χ0) is 13.2. The summed E-state index contributed by atoms with van der Waals surface area (Å²) >= 11 is 6.76. The number of hydrogen-bond donors (Lipinski definition) is 1. The SMILES string of the molecule is CC(C(N)=S)N(C)C(=O)c1ccc(F)cc1I. The molecule has 0 radical (unpaired) electrons. The summed E-state index contributed by atoms with van der Waals surface area (Å²) in [6.07, 6.45) is 0. The molecule has 1 aromatic carbocycles. The standard InChI is InChI=1S/C11H12FIN2OS/c1-6(10(14)17)15(2)11(16)8-4-3-7(12)5-9(8)13/h3-6H,1-2H3,(H2,14,17). The highest BCUT2D eigenvalue weighted by atomic mass is 127. The van der Waals surface area contributed by atoms with Gasteiger partial charge >= 0.3 is 0 Å². The highest BCUT2D eigenvalue weighted by Crippen LogP contribution is 2.16. The van der Waals surface area contributed by atoms with E-state index in [0.29, 0.717) is 9.13 Å². The lowest BCUT2D eigenvalue weighted by Gasteiger charge is -2.24. The Balaban J connectivity index is 3.00. The Bertz CT molecular complexity index is 467. The number of amides is 1. The first-order valence-corrected chi connectivity index (χ1v) is 6.34. The van der Waals surface area contributed by atoms with Crippen LogP contribution in [-0.2, 0) is 0 Å². The van der Waals surface area contributed by atoms with Gasteiger partial charge in [-0.15, -0.1) is 0 Å². The van der Waals surface area contributed by atoms with E-state index in [4.69, 9.17) is 18.0 Å². The van der Waals surface area contributed by atoms with Crippen LogP contribution < -0.4 is 5.73 Å². The van der Waals surface area contributed by atoms with Gasteiger partial charge < -0.3 is 10.6 Å². The van der Waals surface area contributed by atoms with Crippen molar-refractivity contribution < 1.29 is 9.18 Å². The number of rotatable bonds is 3. The summed E-state index contributed by atoms with van der Waals surface area (Å²) < 4.78 is 13.5. The quantitative estimate of drug-likeness (QED) is 0.659. The van der Waals surface area contributed by atoms with E-state index in [2.05, 4.69) is 0 Å². The molecule has 17 heavy (non-hydrogen) atoms. The number of halogens is 2. The van der Waals surface area contributed by atoms with Crippen LogP contribution in [0.5, 0.6) is 0 Å². The molecule has 0 aliphatic rings. The molecule has 2 N–H and O–H groups in total. The smallest absolute Gasteiger partial charge is 0.255 e. The molecule has 0 saturated carbocycles. The third-order valence-corrected chi connectivity index (χ3v) is 3.71. The zero-order valence-electron chi connectivity index (χ0n) is 9.41. The Labute approximate surface area is 118 Å². The number of nitrogens with two attached hydrogens (primary N) is 1. The number of carbonyl (C=O) groups is 1. The van der Waals surface area contributed by atoms with Gasteiger partial charge in [0, 0.05) is 10.6 Å². The molecule has 0 bridgehead atoms. The molecule has 0 aromatic heterocycles. The molecule has 0 fully saturated rings.